The van der Waals surface area contributed by atoms with Crippen LogP contribution in [0.1, 0.15) is 19.4 Å². The third-order valence-electron chi connectivity index (χ3n) is 2.11. The second kappa shape index (κ2) is 4.66. The average Bonchev–Trinajstić information content (AvgIpc) is 2.19. The van der Waals surface area contributed by atoms with Gasteiger partial charge in [-0.1, -0.05) is 19.1 Å². The van der Waals surface area contributed by atoms with E-state index in [-0.39, 0.29) is 5.56 Å². The summed E-state index contributed by atoms with van der Waals surface area (Å²) >= 11 is 1.63. The molecule has 0 amide bonds. The summed E-state index contributed by atoms with van der Waals surface area (Å²) in [6.07, 6.45) is 0. The molecule has 0 saturated carbocycles. The number of carboxylic acids is 1. The zero-order valence-corrected chi connectivity index (χ0v) is 9.47. The maximum Gasteiger partial charge on any atom is 0.345 e. The Hall–Kier alpha value is -1.03. The van der Waals surface area contributed by atoms with Crippen molar-refractivity contribution in [3.8, 4) is 0 Å². The fourth-order valence-electron chi connectivity index (χ4n) is 1.15. The first-order valence-electron chi connectivity index (χ1n) is 4.64. The van der Waals surface area contributed by atoms with Crippen molar-refractivity contribution in [2.75, 3.05) is 5.75 Å². The van der Waals surface area contributed by atoms with Crippen LogP contribution in [0.25, 0.3) is 0 Å². The number of aliphatic carboxylic acids is 1. The van der Waals surface area contributed by atoms with Gasteiger partial charge in [-0.25, -0.2) is 9.18 Å². The lowest BCUT2D eigenvalue weighted by molar-refractivity contribution is -0.150. The van der Waals surface area contributed by atoms with Crippen LogP contribution in [0, 0.1) is 0 Å². The largest absolute Gasteiger partial charge is 0.479 e. The van der Waals surface area contributed by atoms with Crippen LogP contribution in [0.15, 0.2) is 29.2 Å². The Balaban J connectivity index is 2.93. The quantitative estimate of drug-likeness (QED) is 0.805. The third kappa shape index (κ3) is 2.72. The SMILES string of the molecule is CCSc1ccc(C(C)(F)C(=O)O)cc1. The molecule has 1 aromatic carbocycles. The van der Waals surface area contributed by atoms with Crippen LogP contribution in [-0.4, -0.2) is 16.8 Å². The van der Waals surface area contributed by atoms with Gasteiger partial charge in [-0.05, 0) is 24.8 Å². The van der Waals surface area contributed by atoms with E-state index in [0.717, 1.165) is 17.6 Å². The second-order valence-corrected chi connectivity index (χ2v) is 4.60. The standard InChI is InChI=1S/C11H13FO2S/c1-3-15-9-6-4-8(5-7-9)11(2,12)10(13)14/h4-7H,3H2,1-2H3,(H,13,14). The van der Waals surface area contributed by atoms with Gasteiger partial charge in [0.2, 0.25) is 5.67 Å². The van der Waals surface area contributed by atoms with Crippen molar-refractivity contribution in [2.24, 2.45) is 0 Å². The molecule has 1 rings (SSSR count). The van der Waals surface area contributed by atoms with Crippen LogP contribution in [-0.2, 0) is 10.5 Å². The molecule has 15 heavy (non-hydrogen) atoms. The van der Waals surface area contributed by atoms with Gasteiger partial charge in [-0.15, -0.1) is 11.8 Å². The Kier molecular flexibility index (Phi) is 3.74. The average molecular weight is 228 g/mol. The van der Waals surface area contributed by atoms with Gasteiger partial charge in [-0.3, -0.25) is 0 Å². The number of hydrogen-bond acceptors (Lipinski definition) is 2. The summed E-state index contributed by atoms with van der Waals surface area (Å²) in [7, 11) is 0. The molecule has 0 bridgehead atoms. The second-order valence-electron chi connectivity index (χ2n) is 3.27. The first-order valence-corrected chi connectivity index (χ1v) is 5.62. The fraction of sp³-hybridized carbons (Fsp3) is 0.364. The molecule has 1 N–H and O–H groups in total. The highest BCUT2D eigenvalue weighted by Crippen LogP contribution is 2.27. The molecule has 0 aliphatic heterocycles. The molecule has 0 radical (unpaired) electrons. The van der Waals surface area contributed by atoms with E-state index >= 15 is 0 Å². The molecular formula is C11H13FO2S. The number of alkyl halides is 1. The molecule has 1 unspecified atom stereocenters. The highest BCUT2D eigenvalue weighted by Gasteiger charge is 2.34. The zero-order valence-electron chi connectivity index (χ0n) is 8.66. The van der Waals surface area contributed by atoms with Crippen molar-refractivity contribution < 1.29 is 14.3 Å². The van der Waals surface area contributed by atoms with Gasteiger partial charge in [0.1, 0.15) is 0 Å². The monoisotopic (exact) mass is 228 g/mol. The molecule has 0 aromatic heterocycles. The smallest absolute Gasteiger partial charge is 0.345 e. The first-order chi connectivity index (χ1) is 6.98. The Morgan fingerprint density at radius 2 is 2.00 bits per heavy atom. The van der Waals surface area contributed by atoms with Crippen LogP contribution < -0.4 is 0 Å². The molecule has 1 atom stereocenters. The van der Waals surface area contributed by atoms with Gasteiger partial charge in [0.15, 0.2) is 0 Å². The topological polar surface area (TPSA) is 37.3 Å². The van der Waals surface area contributed by atoms with E-state index in [1.54, 1.807) is 23.9 Å². The van der Waals surface area contributed by atoms with Gasteiger partial charge in [0.25, 0.3) is 0 Å². The number of benzene rings is 1. The summed E-state index contributed by atoms with van der Waals surface area (Å²) in [4.78, 5) is 11.7. The van der Waals surface area contributed by atoms with Crippen molar-refractivity contribution in [1.82, 2.24) is 0 Å². The van der Waals surface area contributed by atoms with Gasteiger partial charge >= 0.3 is 5.97 Å². The Morgan fingerprint density at radius 1 is 1.47 bits per heavy atom. The Bertz CT molecular complexity index is 346. The van der Waals surface area contributed by atoms with Gasteiger partial charge in [-0.2, -0.15) is 0 Å². The summed E-state index contributed by atoms with van der Waals surface area (Å²) in [6, 6.07) is 6.52. The molecule has 0 saturated heterocycles. The third-order valence-corrected chi connectivity index (χ3v) is 3.00. The van der Waals surface area contributed by atoms with Crippen LogP contribution in [0.5, 0.6) is 0 Å². The molecule has 0 spiro atoms. The number of carboxylic acid groups (broad SMARTS) is 1. The summed E-state index contributed by atoms with van der Waals surface area (Å²) in [5.41, 5.74) is -2.13. The minimum absolute atomic E-state index is 0.176. The van der Waals surface area contributed by atoms with Crippen molar-refractivity contribution in [1.29, 1.82) is 0 Å². The van der Waals surface area contributed by atoms with E-state index in [1.807, 2.05) is 6.92 Å². The van der Waals surface area contributed by atoms with Gasteiger partial charge < -0.3 is 5.11 Å². The summed E-state index contributed by atoms with van der Waals surface area (Å²) in [5, 5.41) is 8.69. The molecule has 0 heterocycles. The molecule has 4 heteroatoms. The summed E-state index contributed by atoms with van der Waals surface area (Å²) < 4.78 is 13.7. The molecule has 0 aliphatic carbocycles. The van der Waals surface area contributed by atoms with Crippen molar-refractivity contribution in [2.45, 2.75) is 24.4 Å². The maximum absolute atomic E-state index is 13.7. The lowest BCUT2D eigenvalue weighted by atomic mass is 9.98. The predicted molar refractivity (Wildman–Crippen MR) is 58.9 cm³/mol. The number of thioether (sulfide) groups is 1. The number of carbonyl (C=O) groups is 1. The maximum atomic E-state index is 13.7. The number of halogens is 1. The van der Waals surface area contributed by atoms with E-state index in [1.165, 1.54) is 12.1 Å². The van der Waals surface area contributed by atoms with E-state index in [4.69, 9.17) is 5.11 Å². The fourth-order valence-corrected chi connectivity index (χ4v) is 1.82. The molecule has 0 fully saturated rings. The lowest BCUT2D eigenvalue weighted by Gasteiger charge is -2.15. The first kappa shape index (κ1) is 12.0. The van der Waals surface area contributed by atoms with E-state index in [9.17, 15) is 9.18 Å². The minimum atomic E-state index is -2.31. The normalized spacial score (nSPS) is 14.6. The Morgan fingerprint density at radius 3 is 2.40 bits per heavy atom. The van der Waals surface area contributed by atoms with E-state index in [0.29, 0.717) is 0 Å². The van der Waals surface area contributed by atoms with E-state index in [2.05, 4.69) is 0 Å². The van der Waals surface area contributed by atoms with Crippen LogP contribution in [0.4, 0.5) is 4.39 Å². The molecule has 0 aliphatic rings. The molecule has 82 valence electrons. The predicted octanol–water partition coefficient (Wildman–Crippen LogP) is 3.07. The molecule has 1 aromatic rings. The van der Waals surface area contributed by atoms with Crippen molar-refractivity contribution >= 4 is 17.7 Å². The Labute approximate surface area is 92.5 Å². The molecular weight excluding hydrogens is 215 g/mol. The van der Waals surface area contributed by atoms with Crippen LogP contribution in [0.3, 0.4) is 0 Å². The highest BCUT2D eigenvalue weighted by molar-refractivity contribution is 7.99. The lowest BCUT2D eigenvalue weighted by Crippen LogP contribution is -2.26. The minimum Gasteiger partial charge on any atom is -0.479 e. The van der Waals surface area contributed by atoms with Crippen molar-refractivity contribution in [3.05, 3.63) is 29.8 Å². The van der Waals surface area contributed by atoms with E-state index < -0.39 is 11.6 Å². The van der Waals surface area contributed by atoms with Crippen LogP contribution >= 0.6 is 11.8 Å². The highest BCUT2D eigenvalue weighted by atomic mass is 32.2. The van der Waals surface area contributed by atoms with Crippen molar-refractivity contribution in [3.63, 3.8) is 0 Å². The zero-order chi connectivity index (χ0) is 11.5. The summed E-state index contributed by atoms with van der Waals surface area (Å²) in [5.74, 6) is -0.524. The molecule has 2 nitrogen and oxygen atoms in total. The van der Waals surface area contributed by atoms with Crippen LogP contribution in [0.2, 0.25) is 0 Å². The number of hydrogen-bond donors (Lipinski definition) is 1. The van der Waals surface area contributed by atoms with Gasteiger partial charge in [0.05, 0.1) is 0 Å². The van der Waals surface area contributed by atoms with Gasteiger partial charge in [0, 0.05) is 10.5 Å². The number of rotatable bonds is 4. The summed E-state index contributed by atoms with van der Waals surface area (Å²) in [6.45, 7) is 3.08.